The first-order chi connectivity index (χ1) is 18.5. The average molecular weight is 511 g/mol. The van der Waals surface area contributed by atoms with Gasteiger partial charge in [-0.25, -0.2) is 15.0 Å². The first kappa shape index (κ1) is 24.6. The lowest BCUT2D eigenvalue weighted by Gasteiger charge is -2.34. The first-order valence-corrected chi connectivity index (χ1v) is 14.1. The molecule has 1 saturated carbocycles. The van der Waals surface area contributed by atoms with Crippen molar-refractivity contribution in [3.05, 3.63) is 53.6 Å². The third kappa shape index (κ3) is 4.79. The molecule has 6 rings (SSSR count). The Hall–Kier alpha value is -3.68. The lowest BCUT2D eigenvalue weighted by atomic mass is 10.0. The van der Waals surface area contributed by atoms with E-state index in [0.717, 1.165) is 60.5 Å². The number of piperidine rings is 1. The third-order valence-corrected chi connectivity index (χ3v) is 8.15. The molecule has 1 aliphatic heterocycles. The van der Waals surface area contributed by atoms with E-state index < -0.39 is 0 Å². The van der Waals surface area contributed by atoms with Gasteiger partial charge in [0.1, 0.15) is 16.9 Å². The second-order valence-electron chi connectivity index (χ2n) is 11.0. The van der Waals surface area contributed by atoms with Crippen LogP contribution >= 0.6 is 0 Å². The summed E-state index contributed by atoms with van der Waals surface area (Å²) in [6, 6.07) is 7.65. The van der Waals surface area contributed by atoms with Crippen LogP contribution in [0.15, 0.2) is 36.8 Å². The molecule has 38 heavy (non-hydrogen) atoms. The zero-order valence-corrected chi connectivity index (χ0v) is 22.7. The number of aryl methyl sites for hydroxylation is 3. The van der Waals surface area contributed by atoms with Gasteiger partial charge in [0.25, 0.3) is 0 Å². The number of hydrogen-bond donors (Lipinski definition) is 2. The topological polar surface area (TPSA) is 97.8 Å². The van der Waals surface area contributed by atoms with Gasteiger partial charge in [0, 0.05) is 48.3 Å². The van der Waals surface area contributed by atoms with Crippen molar-refractivity contribution in [3.63, 3.8) is 0 Å². The Morgan fingerprint density at radius 2 is 1.68 bits per heavy atom. The standard InChI is InChI=1S/C30H38N8/c1-4-26-30(34-22-7-5-6-8-22)36-27-25(17-32-29(31)28(27)35-26)21-16-33-38(18-21)23-9-11-37(12-10-23)24-14-19(2)13-20(3)15-24/h13-18,22-23H,4-12H2,1-3H3,(H2,31,32)(H,34,36). The van der Waals surface area contributed by atoms with Crippen LogP contribution in [0, 0.1) is 13.8 Å². The van der Waals surface area contributed by atoms with Gasteiger partial charge >= 0.3 is 0 Å². The highest BCUT2D eigenvalue weighted by Crippen LogP contribution is 2.33. The zero-order valence-electron chi connectivity index (χ0n) is 22.7. The van der Waals surface area contributed by atoms with E-state index in [0.29, 0.717) is 23.4 Å². The van der Waals surface area contributed by atoms with Crippen molar-refractivity contribution in [3.8, 4) is 11.1 Å². The molecule has 0 amide bonds. The highest BCUT2D eigenvalue weighted by Gasteiger charge is 2.24. The molecular weight excluding hydrogens is 472 g/mol. The Kier molecular flexibility index (Phi) is 6.64. The van der Waals surface area contributed by atoms with Crippen LogP contribution in [0.4, 0.5) is 17.3 Å². The van der Waals surface area contributed by atoms with Crippen LogP contribution < -0.4 is 16.0 Å². The number of aromatic nitrogens is 5. The minimum Gasteiger partial charge on any atom is -0.382 e. The molecule has 4 heterocycles. The number of anilines is 3. The number of benzene rings is 1. The number of nitrogens with zero attached hydrogens (tertiary/aromatic N) is 6. The smallest absolute Gasteiger partial charge is 0.151 e. The fraction of sp³-hybridized carbons (Fsp3) is 0.467. The molecule has 198 valence electrons. The quantitative estimate of drug-likeness (QED) is 0.336. The molecule has 1 saturated heterocycles. The number of hydrogen-bond acceptors (Lipinski definition) is 7. The summed E-state index contributed by atoms with van der Waals surface area (Å²) in [6.07, 6.45) is 13.7. The molecule has 0 radical (unpaired) electrons. The van der Waals surface area contributed by atoms with Crippen molar-refractivity contribution in [2.75, 3.05) is 29.0 Å². The Morgan fingerprint density at radius 3 is 2.39 bits per heavy atom. The van der Waals surface area contributed by atoms with Gasteiger partial charge in [0.05, 0.1) is 17.9 Å². The van der Waals surface area contributed by atoms with Crippen LogP contribution in [0.5, 0.6) is 0 Å². The first-order valence-electron chi connectivity index (χ1n) is 14.1. The minimum atomic E-state index is 0.372. The molecule has 2 aliphatic rings. The van der Waals surface area contributed by atoms with Crippen molar-refractivity contribution < 1.29 is 0 Å². The van der Waals surface area contributed by atoms with Crippen LogP contribution in [0.1, 0.15) is 68.3 Å². The monoisotopic (exact) mass is 510 g/mol. The fourth-order valence-corrected chi connectivity index (χ4v) is 6.13. The summed E-state index contributed by atoms with van der Waals surface area (Å²) in [4.78, 5) is 17.0. The number of nitrogen functional groups attached to an aromatic ring is 1. The largest absolute Gasteiger partial charge is 0.382 e. The summed E-state index contributed by atoms with van der Waals surface area (Å²) < 4.78 is 2.13. The molecule has 3 aromatic heterocycles. The van der Waals surface area contributed by atoms with Gasteiger partial charge in [0.2, 0.25) is 0 Å². The maximum atomic E-state index is 6.28. The molecule has 1 aliphatic carbocycles. The maximum absolute atomic E-state index is 6.28. The van der Waals surface area contributed by atoms with Crippen molar-refractivity contribution >= 4 is 28.4 Å². The number of nitrogens with two attached hydrogens (primary N) is 1. The van der Waals surface area contributed by atoms with E-state index in [2.05, 4.69) is 65.0 Å². The van der Waals surface area contributed by atoms with Crippen molar-refractivity contribution in [2.24, 2.45) is 0 Å². The van der Waals surface area contributed by atoms with Gasteiger partial charge in [-0.2, -0.15) is 5.10 Å². The van der Waals surface area contributed by atoms with Crippen molar-refractivity contribution in [1.82, 2.24) is 24.7 Å². The second kappa shape index (κ2) is 10.2. The molecule has 2 fully saturated rings. The van der Waals surface area contributed by atoms with Crippen molar-refractivity contribution in [1.29, 1.82) is 0 Å². The van der Waals surface area contributed by atoms with E-state index in [1.807, 2.05) is 12.4 Å². The normalized spacial score (nSPS) is 17.0. The molecule has 4 aromatic rings. The number of fused-ring (bicyclic) bond motifs is 1. The minimum absolute atomic E-state index is 0.372. The van der Waals surface area contributed by atoms with Crippen LogP contribution in [0.25, 0.3) is 22.2 Å². The summed E-state index contributed by atoms with van der Waals surface area (Å²) in [5.74, 6) is 1.30. The maximum Gasteiger partial charge on any atom is 0.151 e. The van der Waals surface area contributed by atoms with Crippen LogP contribution in [-0.4, -0.2) is 43.9 Å². The highest BCUT2D eigenvalue weighted by molar-refractivity contribution is 5.96. The molecule has 0 bridgehead atoms. The molecule has 8 nitrogen and oxygen atoms in total. The summed E-state index contributed by atoms with van der Waals surface area (Å²) >= 11 is 0. The third-order valence-electron chi connectivity index (χ3n) is 8.15. The summed E-state index contributed by atoms with van der Waals surface area (Å²) in [6.45, 7) is 8.50. The molecule has 1 aromatic carbocycles. The molecule has 0 atom stereocenters. The Bertz CT molecular complexity index is 1420. The van der Waals surface area contributed by atoms with Gasteiger partial charge < -0.3 is 16.0 Å². The van der Waals surface area contributed by atoms with Crippen LogP contribution in [0.3, 0.4) is 0 Å². The SMILES string of the molecule is CCc1nc2c(N)ncc(-c3cnn(C4CCN(c5cc(C)cc(C)c5)CC4)c3)c2nc1NC1CCCC1. The van der Waals surface area contributed by atoms with Crippen molar-refractivity contribution in [2.45, 2.75) is 77.8 Å². The van der Waals surface area contributed by atoms with E-state index in [1.165, 1.54) is 42.5 Å². The summed E-state index contributed by atoms with van der Waals surface area (Å²) in [5, 5.41) is 8.46. The Balaban J connectivity index is 1.26. The molecule has 0 spiro atoms. The summed E-state index contributed by atoms with van der Waals surface area (Å²) in [7, 11) is 0. The zero-order chi connectivity index (χ0) is 26.2. The molecule has 3 N–H and O–H groups in total. The van der Waals surface area contributed by atoms with Crippen LogP contribution in [0.2, 0.25) is 0 Å². The predicted octanol–water partition coefficient (Wildman–Crippen LogP) is 5.85. The van der Waals surface area contributed by atoms with Gasteiger partial charge in [-0.3, -0.25) is 4.68 Å². The van der Waals surface area contributed by atoms with Gasteiger partial charge in [-0.1, -0.05) is 25.8 Å². The highest BCUT2D eigenvalue weighted by atomic mass is 15.3. The lowest BCUT2D eigenvalue weighted by Crippen LogP contribution is -2.34. The Morgan fingerprint density at radius 1 is 0.947 bits per heavy atom. The summed E-state index contributed by atoms with van der Waals surface area (Å²) in [5.41, 5.74) is 14.6. The van der Waals surface area contributed by atoms with Gasteiger partial charge in [0.15, 0.2) is 5.82 Å². The molecule has 0 unspecified atom stereocenters. The van der Waals surface area contributed by atoms with Gasteiger partial charge in [-0.05, 0) is 69.2 Å². The van der Waals surface area contributed by atoms with Gasteiger partial charge in [-0.15, -0.1) is 0 Å². The molecule has 8 heteroatoms. The number of nitrogens with one attached hydrogen (secondary N) is 1. The number of rotatable bonds is 6. The van der Waals surface area contributed by atoms with E-state index in [9.17, 15) is 0 Å². The van der Waals surface area contributed by atoms with E-state index >= 15 is 0 Å². The van der Waals surface area contributed by atoms with E-state index in [-0.39, 0.29) is 0 Å². The predicted molar refractivity (Wildman–Crippen MR) is 155 cm³/mol. The second-order valence-corrected chi connectivity index (χ2v) is 11.0. The number of pyridine rings is 1. The van der Waals surface area contributed by atoms with E-state index in [4.69, 9.17) is 20.8 Å². The van der Waals surface area contributed by atoms with Crippen LogP contribution in [-0.2, 0) is 6.42 Å². The molecular formula is C30H38N8. The average Bonchev–Trinajstić information content (AvgIpc) is 3.61. The Labute approximate surface area is 224 Å². The fourth-order valence-electron chi connectivity index (χ4n) is 6.13. The van der Waals surface area contributed by atoms with E-state index in [1.54, 1.807) is 0 Å². The lowest BCUT2D eigenvalue weighted by molar-refractivity contribution is 0.367.